The topological polar surface area (TPSA) is 335 Å². The fraction of sp³-hybridized carbons (Fsp3) is 0.194. The number of hydrogen-bond acceptors (Lipinski definition) is 27. The summed E-state index contributed by atoms with van der Waals surface area (Å²) in [6.07, 6.45) is 0. The van der Waals surface area contributed by atoms with Gasteiger partial charge in [-0.15, -0.1) is 0 Å². The minimum absolute atomic E-state index is 0.0128. The van der Waals surface area contributed by atoms with Crippen LogP contribution in [0, 0.1) is 23.3 Å². The van der Waals surface area contributed by atoms with E-state index >= 15 is 13.2 Å². The van der Waals surface area contributed by atoms with Gasteiger partial charge in [0.1, 0.15) is 40.4 Å². The summed E-state index contributed by atoms with van der Waals surface area (Å²) in [6, 6.07) is 35.2. The van der Waals surface area contributed by atoms with E-state index in [4.69, 9.17) is 75.8 Å². The van der Waals surface area contributed by atoms with Gasteiger partial charge in [-0.3, -0.25) is 0 Å². The molecule has 0 fully saturated rings. The van der Waals surface area contributed by atoms with Crippen LogP contribution < -0.4 is 52.1 Å². The standard InChI is InChI=1S/C30H29FO6.3C26H25FO7/c1-18(2)29(32)36-24-10-7-20(8-11-24)26-12-9-21(15-27(26)31)28-22(16-34-5)13-25(14-23(28)17-35-6)37-30(33)19(3)4;1-14(2)24(28)32-18-8-9-19(17(10-18)13-31-7)20-11-22(33-25(29)15(3)4)23(12-21(20)27)34-26(30)16(5)6;1-14(2)24(28)32-21-9-8-17(11-20(21)27)18-10-19(13-31-7)23(34-26(30)16(5)6)22(12-18)33-25(29)15(3)4;1-14(2)24(28)32-21-9-8-17(10-18(21)13-31-7)19-11-22(33-25(29)15(3)4)23(12-20(19)27)34-26(30)16(5)6/h7-15H,1,3,16-17H2,2,4-6H3;3*8-12H,1,3,5,13H2,2,4,6-7H3. The number of carbonyl (C=O) groups is 11. The minimum Gasteiger partial charge on any atom is -0.423 e. The number of benzene rings is 9. The molecule has 0 aliphatic rings. The third-order valence-corrected chi connectivity index (χ3v) is 18.5. The molecule has 0 amide bonds. The summed E-state index contributed by atoms with van der Waals surface area (Å²) in [6.45, 7) is 55.6. The Hall–Kier alpha value is -16.2. The van der Waals surface area contributed by atoms with E-state index < -0.39 is 88.9 Å². The number of esters is 11. The van der Waals surface area contributed by atoms with Crippen LogP contribution in [-0.2, 0) is 109 Å². The molecule has 726 valence electrons. The van der Waals surface area contributed by atoms with Crippen molar-refractivity contribution >= 4 is 65.7 Å². The Bertz CT molecular complexity index is 6430. The van der Waals surface area contributed by atoms with Gasteiger partial charge in [-0.25, -0.2) is 70.3 Å². The first-order valence-corrected chi connectivity index (χ1v) is 41.5. The van der Waals surface area contributed by atoms with Crippen LogP contribution in [0.1, 0.15) is 104 Å². The zero-order valence-corrected chi connectivity index (χ0v) is 79.7. The second-order valence-electron chi connectivity index (χ2n) is 31.2. The Morgan fingerprint density at radius 1 is 0.209 bits per heavy atom. The largest absolute Gasteiger partial charge is 0.423 e. The van der Waals surface area contributed by atoms with Crippen molar-refractivity contribution < 1.29 is 146 Å². The average Bonchev–Trinajstić information content (AvgIpc) is 0.809. The lowest BCUT2D eigenvalue weighted by Gasteiger charge is -2.18. The molecule has 0 atom stereocenters. The molecule has 0 bridgehead atoms. The van der Waals surface area contributed by atoms with Gasteiger partial charge < -0.3 is 75.8 Å². The molecule has 31 heteroatoms. The highest BCUT2D eigenvalue weighted by Gasteiger charge is 2.28. The predicted molar refractivity (Wildman–Crippen MR) is 511 cm³/mol. The van der Waals surface area contributed by atoms with Crippen molar-refractivity contribution in [1.29, 1.82) is 0 Å². The fourth-order valence-electron chi connectivity index (χ4n) is 11.5. The number of halogens is 4. The van der Waals surface area contributed by atoms with Gasteiger partial charge in [0.05, 0.1) is 33.0 Å². The van der Waals surface area contributed by atoms with Crippen molar-refractivity contribution in [2.45, 2.75) is 109 Å². The Labute approximate surface area is 801 Å². The molecule has 0 heterocycles. The summed E-state index contributed by atoms with van der Waals surface area (Å²) in [5, 5.41) is 0. The predicted octanol–water partition coefficient (Wildman–Crippen LogP) is 21.7. The van der Waals surface area contributed by atoms with E-state index in [1.807, 2.05) is 0 Å². The summed E-state index contributed by atoms with van der Waals surface area (Å²) in [7, 11) is 7.44. The van der Waals surface area contributed by atoms with Gasteiger partial charge >= 0.3 is 65.7 Å². The van der Waals surface area contributed by atoms with Gasteiger partial charge in [0.25, 0.3) is 0 Å². The lowest BCUT2D eigenvalue weighted by atomic mass is 9.92. The smallest absolute Gasteiger partial charge is 0.338 e. The second-order valence-corrected chi connectivity index (χ2v) is 31.2. The number of methoxy groups -OCH3 is 5. The second kappa shape index (κ2) is 52.1. The van der Waals surface area contributed by atoms with Gasteiger partial charge in [-0.1, -0.05) is 115 Å². The third-order valence-electron chi connectivity index (χ3n) is 18.5. The molecule has 0 saturated carbocycles. The fourth-order valence-corrected chi connectivity index (χ4v) is 11.5. The summed E-state index contributed by atoms with van der Waals surface area (Å²) >= 11 is 0. The highest BCUT2D eigenvalue weighted by atomic mass is 19.1. The van der Waals surface area contributed by atoms with E-state index in [0.29, 0.717) is 78.3 Å². The van der Waals surface area contributed by atoms with Gasteiger partial charge in [0, 0.05) is 137 Å². The minimum atomic E-state index is -0.816. The Kier molecular flexibility index (Phi) is 41.8. The molecule has 0 spiro atoms. The maximum Gasteiger partial charge on any atom is 0.338 e. The van der Waals surface area contributed by atoms with Crippen molar-refractivity contribution in [2.24, 2.45) is 0 Å². The zero-order chi connectivity index (χ0) is 104. The van der Waals surface area contributed by atoms with E-state index in [2.05, 4.69) is 72.4 Å². The van der Waals surface area contributed by atoms with E-state index in [0.717, 1.165) is 23.8 Å². The summed E-state index contributed by atoms with van der Waals surface area (Å²) in [5.74, 6) is -10.8. The molecule has 139 heavy (non-hydrogen) atoms. The number of hydrogen-bond donors (Lipinski definition) is 0. The Morgan fingerprint density at radius 2 is 0.504 bits per heavy atom. The van der Waals surface area contributed by atoms with E-state index in [-0.39, 0.29) is 157 Å². The van der Waals surface area contributed by atoms with Crippen LogP contribution in [-0.4, -0.2) is 101 Å². The molecule has 9 aromatic carbocycles. The Balaban J connectivity index is 0.000000284. The lowest BCUT2D eigenvalue weighted by Crippen LogP contribution is -2.14. The first kappa shape index (κ1) is 112. The first-order chi connectivity index (χ1) is 65.5. The van der Waals surface area contributed by atoms with Gasteiger partial charge in [-0.2, -0.15) is 0 Å². The maximum atomic E-state index is 15.4. The van der Waals surface area contributed by atoms with Crippen LogP contribution in [0.3, 0.4) is 0 Å². The maximum absolute atomic E-state index is 15.4. The average molecular weight is 1910 g/mol. The summed E-state index contributed by atoms with van der Waals surface area (Å²) < 4.78 is 144. The molecule has 0 aliphatic heterocycles. The van der Waals surface area contributed by atoms with E-state index in [1.54, 1.807) is 88.7 Å². The number of ether oxygens (including phenoxy) is 16. The molecule has 0 saturated heterocycles. The molecule has 0 aromatic heterocycles. The van der Waals surface area contributed by atoms with Gasteiger partial charge in [-0.05, 0) is 223 Å². The molecular weight excluding hydrogens is 1810 g/mol. The molecule has 0 radical (unpaired) electrons. The SMILES string of the molecule is C=C(C)C(=O)Oc1ccc(-c2cc(COC)c(OC(=O)C(=C)C)c(OC(=O)C(=C)C)c2)cc1F.C=C(C)C(=O)Oc1ccc(-c2cc(OC(=O)C(=C)C)c(OC(=O)C(=C)C)cc2F)c(COC)c1.C=C(C)C(=O)Oc1ccc(-c2cc(OC(=O)C(=C)C)c(OC(=O)C(=C)C)cc2F)cc1COC.C=C(C)C(=O)Oc1ccc(-c2ccc(-c3c(COC)cc(OC(=O)C(=C)C)cc3COC)cc2F)cc1. The molecular formula is C108H104F4O27. The highest BCUT2D eigenvalue weighted by molar-refractivity contribution is 5.97. The first-order valence-electron chi connectivity index (χ1n) is 41.5. The number of rotatable bonds is 37. The molecule has 0 N–H and O–H groups in total. The lowest BCUT2D eigenvalue weighted by molar-refractivity contribution is -0.132. The monoisotopic (exact) mass is 1910 g/mol. The van der Waals surface area contributed by atoms with E-state index in [1.165, 1.54) is 150 Å². The quantitative estimate of drug-likeness (QED) is 0.0151. The zero-order valence-electron chi connectivity index (χ0n) is 79.7. The summed E-state index contributed by atoms with van der Waals surface area (Å²) in [5.41, 5.74) is 8.35. The van der Waals surface area contributed by atoms with Crippen LogP contribution in [0.2, 0.25) is 0 Å². The third kappa shape index (κ3) is 32.3. The van der Waals surface area contributed by atoms with Crippen LogP contribution >= 0.6 is 0 Å². The van der Waals surface area contributed by atoms with Crippen molar-refractivity contribution in [2.75, 3.05) is 35.5 Å². The summed E-state index contributed by atoms with van der Waals surface area (Å²) in [4.78, 5) is 132. The van der Waals surface area contributed by atoms with Crippen molar-refractivity contribution in [3.8, 4) is 119 Å². The molecule has 0 aliphatic carbocycles. The number of carbonyl (C=O) groups excluding carboxylic acids is 11. The van der Waals surface area contributed by atoms with Crippen molar-refractivity contribution in [1.82, 2.24) is 0 Å². The highest BCUT2D eigenvalue weighted by Crippen LogP contribution is 2.44. The van der Waals surface area contributed by atoms with Crippen LogP contribution in [0.4, 0.5) is 17.6 Å². The normalized spacial score (nSPS) is 10.4. The van der Waals surface area contributed by atoms with Crippen molar-refractivity contribution in [3.63, 3.8) is 0 Å². The van der Waals surface area contributed by atoms with E-state index in [9.17, 15) is 57.1 Å². The molecule has 9 aromatic rings. The van der Waals surface area contributed by atoms with Crippen LogP contribution in [0.25, 0.3) is 55.6 Å². The molecule has 0 unspecified atom stereocenters. The Morgan fingerprint density at radius 3 is 0.935 bits per heavy atom. The van der Waals surface area contributed by atoms with Gasteiger partial charge in [0.15, 0.2) is 46.1 Å². The van der Waals surface area contributed by atoms with Crippen LogP contribution in [0.5, 0.6) is 63.2 Å². The van der Waals surface area contributed by atoms with Gasteiger partial charge in [0.2, 0.25) is 0 Å². The van der Waals surface area contributed by atoms with Crippen LogP contribution in [0.15, 0.2) is 279 Å². The molecule has 27 nitrogen and oxygen atoms in total. The molecule has 9 rings (SSSR count). The van der Waals surface area contributed by atoms with Crippen molar-refractivity contribution in [3.05, 3.63) is 330 Å².